The van der Waals surface area contributed by atoms with Crippen LogP contribution in [0.5, 0.6) is 0 Å². The van der Waals surface area contributed by atoms with E-state index in [1.54, 1.807) is 6.92 Å². The Kier molecular flexibility index (Phi) is 9.62. The molecule has 2 aromatic rings. The predicted molar refractivity (Wildman–Crippen MR) is 151 cm³/mol. The van der Waals surface area contributed by atoms with Gasteiger partial charge in [0.1, 0.15) is 5.15 Å². The van der Waals surface area contributed by atoms with Crippen LogP contribution in [0.1, 0.15) is 103 Å². The van der Waals surface area contributed by atoms with Crippen LogP contribution in [-0.4, -0.2) is 55.5 Å². The van der Waals surface area contributed by atoms with Gasteiger partial charge in [-0.25, -0.2) is 4.98 Å². The van der Waals surface area contributed by atoms with Crippen LogP contribution >= 0.6 is 23.2 Å². The number of aromatic nitrogens is 3. The van der Waals surface area contributed by atoms with Crippen molar-refractivity contribution in [2.24, 2.45) is 17.3 Å². The summed E-state index contributed by atoms with van der Waals surface area (Å²) >= 11 is 12.5. The topological polar surface area (TPSA) is 105 Å². The van der Waals surface area contributed by atoms with Gasteiger partial charge in [-0.2, -0.15) is 18.3 Å². The molecule has 2 heterocycles. The lowest BCUT2D eigenvalue weighted by atomic mass is 9.73. The van der Waals surface area contributed by atoms with E-state index in [1.165, 1.54) is 6.07 Å². The second-order valence-electron chi connectivity index (χ2n) is 12.3. The first-order chi connectivity index (χ1) is 19.6. The largest absolute Gasteiger partial charge is 0.481 e. The molecule has 2 saturated carbocycles. The van der Waals surface area contributed by atoms with E-state index >= 15 is 0 Å². The van der Waals surface area contributed by atoms with Gasteiger partial charge in [0.25, 0.3) is 5.91 Å². The van der Waals surface area contributed by atoms with Gasteiger partial charge < -0.3 is 10.0 Å². The number of nitrogens with zero attached hydrogens (tertiary/aromatic N) is 4. The molecule has 0 unspecified atom stereocenters. The maximum Gasteiger partial charge on any atom is 0.433 e. The highest BCUT2D eigenvalue weighted by atomic mass is 35.5. The van der Waals surface area contributed by atoms with E-state index < -0.39 is 53.6 Å². The van der Waals surface area contributed by atoms with Crippen molar-refractivity contribution in [1.82, 2.24) is 19.7 Å². The molecule has 230 valence electrons. The lowest BCUT2D eigenvalue weighted by Gasteiger charge is -2.36. The maximum atomic E-state index is 14.5. The number of Topliss-reactive ketones (excluding diaryl/α,β-unsaturated/α-hetero) is 1. The van der Waals surface area contributed by atoms with Gasteiger partial charge in [0.05, 0.1) is 40.9 Å². The number of carboxylic acid groups (broad SMARTS) is 1. The Labute approximate surface area is 252 Å². The lowest BCUT2D eigenvalue weighted by Crippen LogP contribution is -2.41. The predicted octanol–water partition coefficient (Wildman–Crippen LogP) is 7.27. The van der Waals surface area contributed by atoms with Crippen molar-refractivity contribution in [2.75, 3.05) is 13.1 Å². The van der Waals surface area contributed by atoms with Gasteiger partial charge in [0.2, 0.25) is 0 Å². The van der Waals surface area contributed by atoms with Crippen LogP contribution in [0.2, 0.25) is 10.2 Å². The number of rotatable bonds is 8. The monoisotopic (exact) mass is 630 g/mol. The number of alkyl halides is 3. The first kappa shape index (κ1) is 32.3. The number of aliphatic carboxylic acids is 1. The average molecular weight is 632 g/mol. The number of hydrogen-bond donors (Lipinski definition) is 1. The number of carbonyl (C=O) groups is 3. The summed E-state index contributed by atoms with van der Waals surface area (Å²) in [5.41, 5.74) is -1.32. The van der Waals surface area contributed by atoms with Gasteiger partial charge in [-0.15, -0.1) is 0 Å². The molecule has 0 spiro atoms. The fourth-order valence-electron chi connectivity index (χ4n) is 6.09. The minimum absolute atomic E-state index is 0.00691. The number of carboxylic acids is 1. The van der Waals surface area contributed by atoms with Crippen molar-refractivity contribution < 1.29 is 32.7 Å². The van der Waals surface area contributed by atoms with Crippen LogP contribution < -0.4 is 0 Å². The summed E-state index contributed by atoms with van der Waals surface area (Å²) < 4.78 is 44.3. The molecule has 0 atom stereocenters. The van der Waals surface area contributed by atoms with Crippen molar-refractivity contribution in [2.45, 2.75) is 84.4 Å². The van der Waals surface area contributed by atoms with Crippen molar-refractivity contribution in [3.63, 3.8) is 0 Å². The van der Waals surface area contributed by atoms with E-state index in [-0.39, 0.29) is 59.3 Å². The minimum atomic E-state index is -4.91. The molecule has 0 saturated heterocycles. The molecule has 4 rings (SSSR count). The molecule has 2 aliphatic rings. The quantitative estimate of drug-likeness (QED) is 0.243. The Morgan fingerprint density at radius 1 is 1.10 bits per heavy atom. The van der Waals surface area contributed by atoms with Gasteiger partial charge >= 0.3 is 12.1 Å². The molecule has 2 aliphatic carbocycles. The summed E-state index contributed by atoms with van der Waals surface area (Å²) in [7, 11) is 0. The van der Waals surface area contributed by atoms with E-state index in [0.29, 0.717) is 5.69 Å². The smallest absolute Gasteiger partial charge is 0.433 e. The molecule has 0 bridgehead atoms. The Hall–Kier alpha value is -2.66. The fourth-order valence-corrected chi connectivity index (χ4v) is 6.83. The SMILES string of the molecule is Cc1cc(Cl)c(C(=O)CN(CC2CCC(C)(C)CC2)C(=O)c2cnn(C3CCC(C(=O)O)CC3)c2C(F)(F)F)c(Cl)n1. The van der Waals surface area contributed by atoms with Crippen LogP contribution in [0, 0.1) is 24.2 Å². The maximum absolute atomic E-state index is 14.5. The summed E-state index contributed by atoms with van der Waals surface area (Å²) in [6.07, 6.45) is 0.0892. The van der Waals surface area contributed by atoms with Crippen molar-refractivity contribution in [1.29, 1.82) is 0 Å². The summed E-state index contributed by atoms with van der Waals surface area (Å²) in [5.74, 6) is -3.19. The van der Waals surface area contributed by atoms with Gasteiger partial charge in [-0.1, -0.05) is 37.0 Å². The van der Waals surface area contributed by atoms with Crippen LogP contribution in [0.3, 0.4) is 0 Å². The zero-order chi connectivity index (χ0) is 31.0. The van der Waals surface area contributed by atoms with Crippen molar-refractivity contribution in [3.05, 3.63) is 45.0 Å². The molecule has 1 amide bonds. The standard InChI is InChI=1S/C29H35Cl2F3N4O4/c1-16-12-21(30)23(25(31)36-16)22(39)15-37(14-17-8-10-28(2,3)11-9-17)26(40)20-13-35-38(24(20)29(32,33)34)19-6-4-18(5-7-19)27(41)42/h12-13,17-19H,4-11,14-15H2,1-3H3,(H,41,42). The molecule has 2 aromatic heterocycles. The highest BCUT2D eigenvalue weighted by Gasteiger charge is 2.44. The zero-order valence-electron chi connectivity index (χ0n) is 23.8. The van der Waals surface area contributed by atoms with E-state index in [4.69, 9.17) is 23.2 Å². The van der Waals surface area contributed by atoms with Crippen LogP contribution in [0.25, 0.3) is 0 Å². The molecular weight excluding hydrogens is 596 g/mol. The summed E-state index contributed by atoms with van der Waals surface area (Å²) in [6.45, 7) is 5.50. The van der Waals surface area contributed by atoms with Gasteiger partial charge in [0, 0.05) is 12.2 Å². The number of halogens is 5. The number of carbonyl (C=O) groups excluding carboxylic acids is 2. The van der Waals surface area contributed by atoms with Gasteiger partial charge in [0.15, 0.2) is 11.5 Å². The lowest BCUT2D eigenvalue weighted by molar-refractivity contribution is -0.147. The zero-order valence-corrected chi connectivity index (χ0v) is 25.3. The molecule has 0 aliphatic heterocycles. The first-order valence-electron chi connectivity index (χ1n) is 14.1. The number of pyridine rings is 1. The van der Waals surface area contributed by atoms with E-state index in [9.17, 15) is 32.7 Å². The van der Waals surface area contributed by atoms with Crippen LogP contribution in [0.15, 0.2) is 12.3 Å². The number of amides is 1. The summed E-state index contributed by atoms with van der Waals surface area (Å²) in [5, 5.41) is 13.2. The Balaban J connectivity index is 1.67. The second-order valence-corrected chi connectivity index (χ2v) is 13.1. The summed E-state index contributed by atoms with van der Waals surface area (Å²) in [4.78, 5) is 43.9. The molecular formula is C29H35Cl2F3N4O4. The fraction of sp³-hybridized carbons (Fsp3) is 0.621. The van der Waals surface area contributed by atoms with E-state index in [2.05, 4.69) is 23.9 Å². The van der Waals surface area contributed by atoms with Gasteiger partial charge in [-0.05, 0) is 75.7 Å². The van der Waals surface area contributed by atoms with Crippen LogP contribution in [-0.2, 0) is 11.0 Å². The average Bonchev–Trinajstić information content (AvgIpc) is 3.34. The Bertz CT molecular complexity index is 1320. The van der Waals surface area contributed by atoms with Crippen molar-refractivity contribution in [3.8, 4) is 0 Å². The Morgan fingerprint density at radius 2 is 1.71 bits per heavy atom. The molecule has 2 fully saturated rings. The second kappa shape index (κ2) is 12.5. The molecule has 0 radical (unpaired) electrons. The molecule has 1 N–H and O–H groups in total. The molecule has 42 heavy (non-hydrogen) atoms. The van der Waals surface area contributed by atoms with Crippen molar-refractivity contribution >= 4 is 40.9 Å². The van der Waals surface area contributed by atoms with E-state index in [1.807, 2.05) is 0 Å². The Morgan fingerprint density at radius 3 is 2.26 bits per heavy atom. The number of aryl methyl sites for hydroxylation is 1. The third kappa shape index (κ3) is 7.27. The van der Waals surface area contributed by atoms with Crippen LogP contribution in [0.4, 0.5) is 13.2 Å². The molecule has 13 heteroatoms. The highest BCUT2D eigenvalue weighted by Crippen LogP contribution is 2.41. The molecule has 0 aromatic carbocycles. The molecule has 8 nitrogen and oxygen atoms in total. The highest BCUT2D eigenvalue weighted by molar-refractivity contribution is 6.39. The van der Waals surface area contributed by atoms with Gasteiger partial charge in [-0.3, -0.25) is 19.1 Å². The number of ketones is 1. The third-order valence-corrected chi connectivity index (χ3v) is 9.15. The first-order valence-corrected chi connectivity index (χ1v) is 14.9. The summed E-state index contributed by atoms with van der Waals surface area (Å²) in [6, 6.07) is 0.756. The number of hydrogen-bond acceptors (Lipinski definition) is 5. The third-order valence-electron chi connectivity index (χ3n) is 8.58. The van der Waals surface area contributed by atoms with E-state index in [0.717, 1.165) is 41.5 Å². The minimum Gasteiger partial charge on any atom is -0.481 e. The normalized spacial score (nSPS) is 21.2.